The molecule has 0 saturated carbocycles. The highest BCUT2D eigenvalue weighted by Crippen LogP contribution is 2.20. The molecule has 18 heavy (non-hydrogen) atoms. The number of hydrogen-bond donors (Lipinski definition) is 3. The number of rotatable bonds is 5. The van der Waals surface area contributed by atoms with Crippen molar-refractivity contribution in [1.29, 1.82) is 0 Å². The van der Waals surface area contributed by atoms with E-state index in [9.17, 15) is 4.79 Å². The van der Waals surface area contributed by atoms with Gasteiger partial charge in [0.15, 0.2) is 0 Å². The van der Waals surface area contributed by atoms with Gasteiger partial charge < -0.3 is 16.2 Å². The summed E-state index contributed by atoms with van der Waals surface area (Å²) >= 11 is 4.81. The molecule has 0 bridgehead atoms. The minimum Gasteiger partial charge on any atom is -0.398 e. The lowest BCUT2D eigenvalue weighted by Crippen LogP contribution is -2.41. The molecule has 0 radical (unpaired) electrons. The van der Waals surface area contributed by atoms with Crippen LogP contribution in [0.1, 0.15) is 17.3 Å². The van der Waals surface area contributed by atoms with Gasteiger partial charge in [-0.1, -0.05) is 0 Å². The predicted molar refractivity (Wildman–Crippen MR) is 79.9 cm³/mol. The van der Waals surface area contributed by atoms with Crippen molar-refractivity contribution in [2.75, 3.05) is 18.6 Å². The molecule has 6 heteroatoms. The van der Waals surface area contributed by atoms with Crippen LogP contribution in [0.15, 0.2) is 22.7 Å². The second kappa shape index (κ2) is 7.01. The first-order valence-electron chi connectivity index (χ1n) is 5.49. The smallest absolute Gasteiger partial charge is 0.251 e. The number of thioether (sulfide) groups is 1. The van der Waals surface area contributed by atoms with Crippen molar-refractivity contribution in [1.82, 2.24) is 5.32 Å². The maximum Gasteiger partial charge on any atom is 0.251 e. The summed E-state index contributed by atoms with van der Waals surface area (Å²) in [4.78, 5) is 12.0. The molecule has 0 aliphatic rings. The number of aliphatic hydroxyl groups excluding tert-OH is 1. The zero-order chi connectivity index (χ0) is 13.7. The molecule has 1 aromatic carbocycles. The summed E-state index contributed by atoms with van der Waals surface area (Å²) in [5.41, 5.74) is 6.80. The molecule has 0 saturated heterocycles. The normalized spacial score (nSPS) is 14.0. The molecule has 0 heterocycles. The molecular formula is C12H17BrN2O2S. The molecule has 0 aromatic heterocycles. The highest BCUT2D eigenvalue weighted by atomic mass is 79.9. The lowest BCUT2D eigenvalue weighted by Gasteiger charge is -2.21. The number of nitrogen functional groups attached to an aromatic ring is 1. The summed E-state index contributed by atoms with van der Waals surface area (Å²) in [5, 5.41) is 12.0. The number of nitrogens with two attached hydrogens (primary N) is 1. The number of halogens is 1. The van der Waals surface area contributed by atoms with Crippen molar-refractivity contribution in [3.63, 3.8) is 0 Å². The Balaban J connectivity index is 2.73. The standard InChI is InChI=1S/C12H17BrN2O2S/c1-7(11(6-16)18-2)15-12(17)8-3-4-10(14)9(13)5-8/h3-5,7,11,16H,6,14H2,1-2H3,(H,15,17). The molecular weight excluding hydrogens is 316 g/mol. The molecule has 4 N–H and O–H groups in total. The molecule has 0 fully saturated rings. The molecule has 1 aromatic rings. The van der Waals surface area contributed by atoms with Gasteiger partial charge in [-0.25, -0.2) is 0 Å². The third-order valence-electron chi connectivity index (χ3n) is 2.66. The van der Waals surface area contributed by atoms with E-state index in [1.807, 2.05) is 13.2 Å². The number of amides is 1. The minimum absolute atomic E-state index is 0.00817. The first kappa shape index (κ1) is 15.3. The van der Waals surface area contributed by atoms with Crippen LogP contribution in [-0.4, -0.2) is 35.2 Å². The summed E-state index contributed by atoms with van der Waals surface area (Å²) in [6.07, 6.45) is 1.91. The van der Waals surface area contributed by atoms with Crippen LogP contribution in [0, 0.1) is 0 Å². The van der Waals surface area contributed by atoms with Crippen LogP contribution in [0.3, 0.4) is 0 Å². The van der Waals surface area contributed by atoms with E-state index in [1.54, 1.807) is 18.2 Å². The summed E-state index contributed by atoms with van der Waals surface area (Å²) in [6, 6.07) is 4.94. The maximum absolute atomic E-state index is 12.0. The highest BCUT2D eigenvalue weighted by molar-refractivity contribution is 9.10. The average molecular weight is 333 g/mol. The van der Waals surface area contributed by atoms with Crippen molar-refractivity contribution in [3.05, 3.63) is 28.2 Å². The number of anilines is 1. The van der Waals surface area contributed by atoms with Crippen LogP contribution in [0.4, 0.5) is 5.69 Å². The van der Waals surface area contributed by atoms with E-state index in [0.717, 1.165) is 0 Å². The zero-order valence-electron chi connectivity index (χ0n) is 10.3. The van der Waals surface area contributed by atoms with Gasteiger partial charge >= 0.3 is 0 Å². The van der Waals surface area contributed by atoms with Crippen molar-refractivity contribution in [2.45, 2.75) is 18.2 Å². The Morgan fingerprint density at radius 2 is 2.28 bits per heavy atom. The lowest BCUT2D eigenvalue weighted by molar-refractivity contribution is 0.0936. The zero-order valence-corrected chi connectivity index (χ0v) is 12.7. The third-order valence-corrected chi connectivity index (χ3v) is 4.51. The van der Waals surface area contributed by atoms with Gasteiger partial charge in [-0.3, -0.25) is 4.79 Å². The molecule has 0 spiro atoms. The Kier molecular flexibility index (Phi) is 5.98. The van der Waals surface area contributed by atoms with Crippen molar-refractivity contribution < 1.29 is 9.90 Å². The fourth-order valence-corrected chi connectivity index (χ4v) is 2.49. The first-order valence-corrected chi connectivity index (χ1v) is 7.57. The fourth-order valence-electron chi connectivity index (χ4n) is 1.49. The lowest BCUT2D eigenvalue weighted by atomic mass is 10.1. The van der Waals surface area contributed by atoms with E-state index in [2.05, 4.69) is 21.2 Å². The van der Waals surface area contributed by atoms with Gasteiger partial charge in [0.25, 0.3) is 5.91 Å². The number of carbonyl (C=O) groups excluding carboxylic acids is 1. The topological polar surface area (TPSA) is 75.3 Å². The Morgan fingerprint density at radius 1 is 1.61 bits per heavy atom. The number of hydrogen-bond acceptors (Lipinski definition) is 4. The SMILES string of the molecule is CSC(CO)C(C)NC(=O)c1ccc(N)c(Br)c1. The predicted octanol–water partition coefficient (Wildman–Crippen LogP) is 1.87. The Bertz CT molecular complexity index is 425. The summed E-state index contributed by atoms with van der Waals surface area (Å²) in [5.74, 6) is -0.171. The van der Waals surface area contributed by atoms with E-state index in [1.165, 1.54) is 11.8 Å². The van der Waals surface area contributed by atoms with Crippen molar-refractivity contribution >= 4 is 39.3 Å². The van der Waals surface area contributed by atoms with E-state index in [0.29, 0.717) is 15.7 Å². The van der Waals surface area contributed by atoms with Gasteiger partial charge in [0.1, 0.15) is 0 Å². The summed E-state index contributed by atoms with van der Waals surface area (Å²) in [6.45, 7) is 1.91. The van der Waals surface area contributed by atoms with E-state index >= 15 is 0 Å². The highest BCUT2D eigenvalue weighted by Gasteiger charge is 2.18. The maximum atomic E-state index is 12.0. The molecule has 1 rings (SSSR count). The van der Waals surface area contributed by atoms with Gasteiger partial charge in [-0.15, -0.1) is 0 Å². The van der Waals surface area contributed by atoms with Crippen LogP contribution < -0.4 is 11.1 Å². The molecule has 1 amide bonds. The molecule has 0 aliphatic heterocycles. The second-order valence-electron chi connectivity index (χ2n) is 3.96. The monoisotopic (exact) mass is 332 g/mol. The number of carbonyl (C=O) groups is 1. The molecule has 100 valence electrons. The number of aliphatic hydroxyl groups is 1. The van der Waals surface area contributed by atoms with Crippen molar-refractivity contribution in [3.8, 4) is 0 Å². The molecule has 4 nitrogen and oxygen atoms in total. The first-order chi connectivity index (χ1) is 8.49. The van der Waals surface area contributed by atoms with Gasteiger partial charge in [-0.05, 0) is 47.3 Å². The summed E-state index contributed by atoms with van der Waals surface area (Å²) < 4.78 is 0.700. The fraction of sp³-hybridized carbons (Fsp3) is 0.417. The molecule has 2 unspecified atom stereocenters. The average Bonchev–Trinajstić information content (AvgIpc) is 2.34. The molecule has 0 aliphatic carbocycles. The second-order valence-corrected chi connectivity index (χ2v) is 5.89. The van der Waals surface area contributed by atoms with E-state index in [4.69, 9.17) is 10.8 Å². The van der Waals surface area contributed by atoms with Crippen LogP contribution >= 0.6 is 27.7 Å². The quantitative estimate of drug-likeness (QED) is 0.719. The number of benzene rings is 1. The van der Waals surface area contributed by atoms with E-state index < -0.39 is 0 Å². The third kappa shape index (κ3) is 3.90. The van der Waals surface area contributed by atoms with Gasteiger partial charge in [0.05, 0.1) is 6.61 Å². The Labute approximate surface area is 119 Å². The van der Waals surface area contributed by atoms with Gasteiger partial charge in [0.2, 0.25) is 0 Å². The largest absolute Gasteiger partial charge is 0.398 e. The van der Waals surface area contributed by atoms with Crippen LogP contribution in [-0.2, 0) is 0 Å². The van der Waals surface area contributed by atoms with E-state index in [-0.39, 0.29) is 23.8 Å². The van der Waals surface area contributed by atoms with Crippen LogP contribution in [0.2, 0.25) is 0 Å². The van der Waals surface area contributed by atoms with Crippen molar-refractivity contribution in [2.24, 2.45) is 0 Å². The minimum atomic E-state index is -0.171. The summed E-state index contributed by atoms with van der Waals surface area (Å²) in [7, 11) is 0. The van der Waals surface area contributed by atoms with Crippen LogP contribution in [0.5, 0.6) is 0 Å². The van der Waals surface area contributed by atoms with Gasteiger partial charge in [-0.2, -0.15) is 11.8 Å². The molecule has 2 atom stereocenters. The number of nitrogens with one attached hydrogen (secondary N) is 1. The Hall–Kier alpha value is -0.720. The Morgan fingerprint density at radius 3 is 2.78 bits per heavy atom. The van der Waals surface area contributed by atoms with Gasteiger partial charge in [0, 0.05) is 27.0 Å². The van der Waals surface area contributed by atoms with Crippen LogP contribution in [0.25, 0.3) is 0 Å².